The van der Waals surface area contributed by atoms with Crippen molar-refractivity contribution in [3.05, 3.63) is 22.4 Å². The molecule has 1 aromatic rings. The molecule has 5 heteroatoms. The highest BCUT2D eigenvalue weighted by atomic mass is 32.1. The largest absolute Gasteiger partial charge is 0.363 e. The average molecular weight is 306 g/mol. The Balaban J connectivity index is 1.34. The van der Waals surface area contributed by atoms with Crippen LogP contribution in [0.4, 0.5) is 0 Å². The number of nitrogens with one attached hydrogen (secondary N) is 1. The smallest absolute Gasteiger partial charge is 0.249 e. The highest BCUT2D eigenvalue weighted by Crippen LogP contribution is 2.33. The summed E-state index contributed by atoms with van der Waals surface area (Å²) in [6.45, 7) is 2.11. The van der Waals surface area contributed by atoms with Gasteiger partial charge in [-0.2, -0.15) is 11.3 Å². The van der Waals surface area contributed by atoms with Gasteiger partial charge >= 0.3 is 0 Å². The number of hydrogen-bond acceptors (Lipinski definition) is 4. The van der Waals surface area contributed by atoms with Gasteiger partial charge in [-0.05, 0) is 54.5 Å². The molecule has 21 heavy (non-hydrogen) atoms. The van der Waals surface area contributed by atoms with Gasteiger partial charge in [-0.3, -0.25) is 9.69 Å². The van der Waals surface area contributed by atoms with Crippen molar-refractivity contribution >= 4 is 17.2 Å². The van der Waals surface area contributed by atoms with Crippen LogP contribution in [0.2, 0.25) is 0 Å². The number of nitrogens with zero attached hydrogens (tertiary/aromatic N) is 1. The van der Waals surface area contributed by atoms with Crippen molar-refractivity contribution in [2.45, 2.75) is 62.9 Å². The van der Waals surface area contributed by atoms with Crippen molar-refractivity contribution in [3.8, 4) is 0 Å². The molecule has 1 saturated carbocycles. The Morgan fingerprint density at radius 2 is 2.24 bits per heavy atom. The Labute approximate surface area is 129 Å². The van der Waals surface area contributed by atoms with Crippen molar-refractivity contribution in [1.29, 1.82) is 0 Å². The second-order valence-electron chi connectivity index (χ2n) is 6.48. The molecule has 0 aromatic carbocycles. The SMILES string of the molecule is O=C(NC1CC1)[C@@H]1CC[C@H]2[C@H](CCN2Cc2ccsc2)O1. The van der Waals surface area contributed by atoms with E-state index in [1.54, 1.807) is 11.3 Å². The van der Waals surface area contributed by atoms with E-state index < -0.39 is 0 Å². The number of likely N-dealkylation sites (tertiary alicyclic amines) is 1. The van der Waals surface area contributed by atoms with Crippen LogP contribution in [-0.2, 0) is 16.1 Å². The predicted molar refractivity (Wildman–Crippen MR) is 82.2 cm³/mol. The summed E-state index contributed by atoms with van der Waals surface area (Å²) in [5.41, 5.74) is 1.40. The molecule has 1 aromatic heterocycles. The molecule has 1 amide bonds. The van der Waals surface area contributed by atoms with Gasteiger partial charge < -0.3 is 10.1 Å². The minimum Gasteiger partial charge on any atom is -0.363 e. The molecule has 3 aliphatic rings. The summed E-state index contributed by atoms with van der Waals surface area (Å²) < 4.78 is 6.10. The summed E-state index contributed by atoms with van der Waals surface area (Å²) in [5, 5.41) is 7.44. The second kappa shape index (κ2) is 5.71. The number of hydrogen-bond donors (Lipinski definition) is 1. The van der Waals surface area contributed by atoms with Gasteiger partial charge in [0.05, 0.1) is 6.10 Å². The van der Waals surface area contributed by atoms with Crippen molar-refractivity contribution in [2.75, 3.05) is 6.54 Å². The Morgan fingerprint density at radius 3 is 3.00 bits per heavy atom. The first-order valence-corrected chi connectivity index (χ1v) is 8.95. The fourth-order valence-corrected chi connectivity index (χ4v) is 4.20. The van der Waals surface area contributed by atoms with E-state index in [-0.39, 0.29) is 18.1 Å². The number of thiophene rings is 1. The monoisotopic (exact) mass is 306 g/mol. The standard InChI is InChI=1S/C16H22N2O2S/c19-16(17-12-1-2-12)15-4-3-13-14(20-15)5-7-18(13)9-11-6-8-21-10-11/h6,8,10,12-15H,1-5,7,9H2,(H,17,19)/t13-,14-,15-/m0/s1. The van der Waals surface area contributed by atoms with Crippen LogP contribution >= 0.6 is 11.3 Å². The van der Waals surface area contributed by atoms with Crippen LogP contribution in [0.25, 0.3) is 0 Å². The minimum absolute atomic E-state index is 0.118. The molecule has 0 bridgehead atoms. The zero-order valence-electron chi connectivity index (χ0n) is 12.2. The lowest BCUT2D eigenvalue weighted by atomic mass is 9.98. The van der Waals surface area contributed by atoms with Crippen LogP contribution in [-0.4, -0.2) is 41.6 Å². The number of rotatable bonds is 4. The molecule has 2 aliphatic heterocycles. The summed E-state index contributed by atoms with van der Waals surface area (Å²) in [4.78, 5) is 14.7. The normalized spacial score (nSPS) is 32.9. The molecule has 1 N–H and O–H groups in total. The third-order valence-corrected chi connectivity index (χ3v) is 5.58. The van der Waals surface area contributed by atoms with Crippen LogP contribution in [0.5, 0.6) is 0 Å². The average Bonchev–Trinajstić information content (AvgIpc) is 3.01. The highest BCUT2D eigenvalue weighted by molar-refractivity contribution is 7.07. The lowest BCUT2D eigenvalue weighted by Gasteiger charge is -2.35. The van der Waals surface area contributed by atoms with Gasteiger partial charge in [0.2, 0.25) is 5.91 Å². The first-order chi connectivity index (χ1) is 10.3. The van der Waals surface area contributed by atoms with E-state index in [2.05, 4.69) is 27.0 Å². The van der Waals surface area contributed by atoms with Gasteiger partial charge in [-0.1, -0.05) is 0 Å². The van der Waals surface area contributed by atoms with Gasteiger partial charge in [0.25, 0.3) is 0 Å². The van der Waals surface area contributed by atoms with E-state index in [1.165, 1.54) is 5.56 Å². The number of ether oxygens (including phenoxy) is 1. The minimum atomic E-state index is -0.215. The van der Waals surface area contributed by atoms with Gasteiger partial charge in [0.1, 0.15) is 6.10 Å². The van der Waals surface area contributed by atoms with Gasteiger partial charge in [0, 0.05) is 25.2 Å². The van der Waals surface area contributed by atoms with Crippen molar-refractivity contribution in [3.63, 3.8) is 0 Å². The van der Waals surface area contributed by atoms with E-state index >= 15 is 0 Å². The maximum absolute atomic E-state index is 12.1. The predicted octanol–water partition coefficient (Wildman–Crippen LogP) is 2.15. The molecule has 0 spiro atoms. The lowest BCUT2D eigenvalue weighted by molar-refractivity contribution is -0.144. The number of carbonyl (C=O) groups is 1. The van der Waals surface area contributed by atoms with Gasteiger partial charge in [-0.25, -0.2) is 0 Å². The van der Waals surface area contributed by atoms with Crippen LogP contribution in [0.3, 0.4) is 0 Å². The van der Waals surface area contributed by atoms with E-state index in [1.807, 2.05) is 0 Å². The number of fused-ring (bicyclic) bond motifs is 1. The molecule has 114 valence electrons. The first kappa shape index (κ1) is 13.7. The van der Waals surface area contributed by atoms with E-state index in [9.17, 15) is 4.79 Å². The Hall–Kier alpha value is -0.910. The van der Waals surface area contributed by atoms with Crippen LogP contribution < -0.4 is 5.32 Å². The van der Waals surface area contributed by atoms with Gasteiger partial charge in [-0.15, -0.1) is 0 Å². The molecule has 3 atom stereocenters. The third-order valence-electron chi connectivity index (χ3n) is 4.84. The molecular formula is C16H22N2O2S. The fourth-order valence-electron chi connectivity index (χ4n) is 3.54. The van der Waals surface area contributed by atoms with Crippen molar-refractivity contribution < 1.29 is 9.53 Å². The highest BCUT2D eigenvalue weighted by Gasteiger charge is 2.42. The van der Waals surface area contributed by atoms with Crippen molar-refractivity contribution in [2.24, 2.45) is 0 Å². The van der Waals surface area contributed by atoms with Crippen molar-refractivity contribution in [1.82, 2.24) is 10.2 Å². The summed E-state index contributed by atoms with van der Waals surface area (Å²) in [5.74, 6) is 0.118. The topological polar surface area (TPSA) is 41.6 Å². The summed E-state index contributed by atoms with van der Waals surface area (Å²) in [6.07, 6.45) is 5.30. The molecule has 2 saturated heterocycles. The zero-order valence-corrected chi connectivity index (χ0v) is 13.0. The molecule has 4 nitrogen and oxygen atoms in total. The lowest BCUT2D eigenvalue weighted by Crippen LogP contribution is -2.48. The maximum Gasteiger partial charge on any atom is 0.249 e. The summed E-state index contributed by atoms with van der Waals surface area (Å²) in [7, 11) is 0. The molecule has 0 radical (unpaired) electrons. The zero-order chi connectivity index (χ0) is 14.2. The third kappa shape index (κ3) is 3.00. The van der Waals surface area contributed by atoms with E-state index in [4.69, 9.17) is 4.74 Å². The number of amides is 1. The molecule has 3 heterocycles. The van der Waals surface area contributed by atoms with Gasteiger partial charge in [0.15, 0.2) is 0 Å². The Morgan fingerprint density at radius 1 is 1.33 bits per heavy atom. The molecule has 4 rings (SSSR count). The Kier molecular flexibility index (Phi) is 3.73. The van der Waals surface area contributed by atoms with E-state index in [0.717, 1.165) is 45.2 Å². The number of carbonyl (C=O) groups excluding carboxylic acids is 1. The first-order valence-electron chi connectivity index (χ1n) is 8.00. The second-order valence-corrected chi connectivity index (χ2v) is 7.26. The molecular weight excluding hydrogens is 284 g/mol. The molecule has 3 fully saturated rings. The quantitative estimate of drug-likeness (QED) is 0.927. The maximum atomic E-state index is 12.1. The summed E-state index contributed by atoms with van der Waals surface area (Å²) in [6, 6.07) is 3.13. The summed E-state index contributed by atoms with van der Waals surface area (Å²) >= 11 is 1.76. The molecule has 1 aliphatic carbocycles. The molecule has 0 unspecified atom stereocenters. The van der Waals surface area contributed by atoms with Crippen LogP contribution in [0.1, 0.15) is 37.7 Å². The van der Waals surface area contributed by atoms with E-state index in [0.29, 0.717) is 12.1 Å². The fraction of sp³-hybridized carbons (Fsp3) is 0.688. The van der Waals surface area contributed by atoms with Crippen LogP contribution in [0.15, 0.2) is 16.8 Å². The Bertz CT molecular complexity index is 500. The van der Waals surface area contributed by atoms with Crippen LogP contribution in [0, 0.1) is 0 Å².